The summed E-state index contributed by atoms with van der Waals surface area (Å²) < 4.78 is 5.46. The number of hydrogen-bond donors (Lipinski definition) is 0. The van der Waals surface area contributed by atoms with E-state index in [0.29, 0.717) is 0 Å². The highest BCUT2D eigenvalue weighted by molar-refractivity contribution is 5.74. The number of amides is 1. The minimum absolute atomic E-state index is 0.180. The fourth-order valence-electron chi connectivity index (χ4n) is 3.64. The Balaban J connectivity index is 1.68. The molecule has 1 amide bonds. The second kappa shape index (κ2) is 7.25. The first-order valence-corrected chi connectivity index (χ1v) is 8.36. The third-order valence-electron chi connectivity index (χ3n) is 4.91. The largest absolute Gasteiger partial charge is 0.381 e. The Kier molecular flexibility index (Phi) is 5.11. The fourth-order valence-corrected chi connectivity index (χ4v) is 3.64. The molecule has 1 aromatic carbocycles. The minimum atomic E-state index is 0.180. The fraction of sp³-hybridized carbons (Fsp3) is 0.611. The Morgan fingerprint density at radius 2 is 1.91 bits per heavy atom. The van der Waals surface area contributed by atoms with Crippen molar-refractivity contribution >= 4 is 5.91 Å². The number of rotatable bonds is 3. The predicted molar refractivity (Wildman–Crippen MR) is 86.6 cm³/mol. The van der Waals surface area contributed by atoms with E-state index < -0.39 is 0 Å². The average Bonchev–Trinajstić information content (AvgIpc) is 2.56. The first-order chi connectivity index (χ1) is 10.7. The molecular weight excluding hydrogens is 276 g/mol. The molecule has 0 saturated carbocycles. The molecule has 0 radical (unpaired) electrons. The summed E-state index contributed by atoms with van der Waals surface area (Å²) in [6.07, 6.45) is 2.34. The van der Waals surface area contributed by atoms with Gasteiger partial charge in [-0.15, -0.1) is 0 Å². The number of benzene rings is 1. The van der Waals surface area contributed by atoms with E-state index in [1.165, 1.54) is 18.4 Å². The summed E-state index contributed by atoms with van der Waals surface area (Å²) in [5, 5.41) is 0. The first-order valence-electron chi connectivity index (χ1n) is 8.36. The minimum Gasteiger partial charge on any atom is -0.381 e. The van der Waals surface area contributed by atoms with E-state index in [1.54, 1.807) is 6.92 Å². The van der Waals surface area contributed by atoms with Crippen molar-refractivity contribution in [3.8, 4) is 0 Å². The molecule has 4 heteroatoms. The van der Waals surface area contributed by atoms with E-state index in [9.17, 15) is 4.79 Å². The Morgan fingerprint density at radius 3 is 2.59 bits per heavy atom. The van der Waals surface area contributed by atoms with E-state index >= 15 is 0 Å². The topological polar surface area (TPSA) is 32.8 Å². The monoisotopic (exact) mass is 302 g/mol. The first kappa shape index (κ1) is 15.5. The van der Waals surface area contributed by atoms with Crippen molar-refractivity contribution in [3.63, 3.8) is 0 Å². The van der Waals surface area contributed by atoms with E-state index in [0.717, 1.165) is 45.3 Å². The maximum atomic E-state index is 12.0. The molecule has 0 bridgehead atoms. The van der Waals surface area contributed by atoms with Gasteiger partial charge in [-0.25, -0.2) is 0 Å². The van der Waals surface area contributed by atoms with Gasteiger partial charge in [0.15, 0.2) is 0 Å². The van der Waals surface area contributed by atoms with E-state index in [-0.39, 0.29) is 11.9 Å². The summed E-state index contributed by atoms with van der Waals surface area (Å²) >= 11 is 0. The molecule has 0 spiro atoms. The lowest BCUT2D eigenvalue weighted by molar-refractivity contribution is -0.134. The van der Waals surface area contributed by atoms with Gasteiger partial charge in [0.1, 0.15) is 0 Å². The van der Waals surface area contributed by atoms with Crippen LogP contribution in [0.2, 0.25) is 0 Å². The van der Waals surface area contributed by atoms with Gasteiger partial charge in [0.2, 0.25) is 5.91 Å². The highest BCUT2D eigenvalue weighted by Gasteiger charge is 2.30. The van der Waals surface area contributed by atoms with Crippen molar-refractivity contribution in [1.29, 1.82) is 0 Å². The summed E-state index contributed by atoms with van der Waals surface area (Å²) in [4.78, 5) is 16.5. The summed E-state index contributed by atoms with van der Waals surface area (Å²) in [6, 6.07) is 10.6. The molecule has 3 rings (SSSR count). The highest BCUT2D eigenvalue weighted by atomic mass is 16.5. The van der Waals surface area contributed by atoms with Gasteiger partial charge < -0.3 is 9.64 Å². The standard InChI is InChI=1S/C18H26N2O2/c1-15(21)20-10-9-19(13-16-7-11-22-12-8-16)14-18(20)17-5-3-2-4-6-17/h2-6,16,18H,7-14H2,1H3/t18-/m0/s1. The van der Waals surface area contributed by atoms with Crippen LogP contribution in [0.3, 0.4) is 0 Å². The van der Waals surface area contributed by atoms with Gasteiger partial charge in [0.05, 0.1) is 6.04 Å². The van der Waals surface area contributed by atoms with Crippen molar-refractivity contribution in [2.45, 2.75) is 25.8 Å². The lowest BCUT2D eigenvalue weighted by Gasteiger charge is -2.42. The summed E-state index contributed by atoms with van der Waals surface area (Å²) in [6.45, 7) is 7.39. The zero-order valence-electron chi connectivity index (χ0n) is 13.4. The third-order valence-corrected chi connectivity index (χ3v) is 4.91. The summed E-state index contributed by atoms with van der Waals surface area (Å²) in [7, 11) is 0. The van der Waals surface area contributed by atoms with Crippen molar-refractivity contribution < 1.29 is 9.53 Å². The summed E-state index contributed by atoms with van der Waals surface area (Å²) in [5.74, 6) is 0.925. The van der Waals surface area contributed by atoms with Gasteiger partial charge in [0.25, 0.3) is 0 Å². The van der Waals surface area contributed by atoms with Crippen molar-refractivity contribution in [2.24, 2.45) is 5.92 Å². The second-order valence-electron chi connectivity index (χ2n) is 6.45. The Morgan fingerprint density at radius 1 is 1.18 bits per heavy atom. The Labute approximate surface area is 133 Å². The van der Waals surface area contributed by atoms with Crippen LogP contribution < -0.4 is 0 Å². The molecule has 1 atom stereocenters. The number of hydrogen-bond acceptors (Lipinski definition) is 3. The van der Waals surface area contributed by atoms with Crippen LogP contribution in [0.1, 0.15) is 31.4 Å². The van der Waals surface area contributed by atoms with Crippen LogP contribution >= 0.6 is 0 Å². The number of carbonyl (C=O) groups is 1. The van der Waals surface area contributed by atoms with Crippen LogP contribution in [0.4, 0.5) is 0 Å². The number of piperazine rings is 1. The van der Waals surface area contributed by atoms with Gasteiger partial charge in [-0.3, -0.25) is 9.69 Å². The number of carbonyl (C=O) groups excluding carboxylic acids is 1. The predicted octanol–water partition coefficient (Wildman–Crippen LogP) is 2.32. The zero-order chi connectivity index (χ0) is 15.4. The van der Waals surface area contributed by atoms with Crippen LogP contribution in [-0.4, -0.2) is 55.1 Å². The lowest BCUT2D eigenvalue weighted by Crippen LogP contribution is -2.51. The SMILES string of the molecule is CC(=O)N1CCN(CC2CCOCC2)C[C@H]1c1ccccc1. The average molecular weight is 302 g/mol. The van der Waals surface area contributed by atoms with Crippen LogP contribution in [0.25, 0.3) is 0 Å². The van der Waals surface area contributed by atoms with Gasteiger partial charge in [-0.1, -0.05) is 30.3 Å². The molecule has 2 heterocycles. The van der Waals surface area contributed by atoms with Crippen molar-refractivity contribution in [3.05, 3.63) is 35.9 Å². The van der Waals surface area contributed by atoms with Crippen LogP contribution in [-0.2, 0) is 9.53 Å². The third kappa shape index (κ3) is 3.68. The molecule has 2 aliphatic rings. The molecule has 0 aliphatic carbocycles. The smallest absolute Gasteiger partial charge is 0.220 e. The van der Waals surface area contributed by atoms with Gasteiger partial charge in [-0.2, -0.15) is 0 Å². The van der Waals surface area contributed by atoms with Gasteiger partial charge in [-0.05, 0) is 24.3 Å². The number of nitrogens with zero attached hydrogens (tertiary/aromatic N) is 2. The normalized spacial score (nSPS) is 24.4. The lowest BCUT2D eigenvalue weighted by atomic mass is 9.97. The molecule has 2 saturated heterocycles. The molecule has 120 valence electrons. The van der Waals surface area contributed by atoms with Crippen LogP contribution in [0.5, 0.6) is 0 Å². The van der Waals surface area contributed by atoms with Crippen molar-refractivity contribution in [2.75, 3.05) is 39.4 Å². The quantitative estimate of drug-likeness (QED) is 0.859. The zero-order valence-corrected chi connectivity index (χ0v) is 13.4. The molecule has 0 N–H and O–H groups in total. The molecular formula is C18H26N2O2. The van der Waals surface area contributed by atoms with E-state index in [2.05, 4.69) is 29.2 Å². The molecule has 0 aromatic heterocycles. The van der Waals surface area contributed by atoms with Crippen molar-refractivity contribution in [1.82, 2.24) is 9.80 Å². The molecule has 1 aromatic rings. The van der Waals surface area contributed by atoms with Crippen LogP contribution in [0, 0.1) is 5.92 Å². The molecule has 2 fully saturated rings. The molecule has 2 aliphatic heterocycles. The Hall–Kier alpha value is -1.39. The van der Waals surface area contributed by atoms with E-state index in [4.69, 9.17) is 4.74 Å². The maximum Gasteiger partial charge on any atom is 0.220 e. The highest BCUT2D eigenvalue weighted by Crippen LogP contribution is 2.27. The summed E-state index contributed by atoms with van der Waals surface area (Å²) in [5.41, 5.74) is 1.24. The van der Waals surface area contributed by atoms with E-state index in [1.807, 2.05) is 11.0 Å². The van der Waals surface area contributed by atoms with Crippen LogP contribution in [0.15, 0.2) is 30.3 Å². The maximum absolute atomic E-state index is 12.0. The van der Waals surface area contributed by atoms with Gasteiger partial charge in [0, 0.05) is 46.3 Å². The molecule has 4 nitrogen and oxygen atoms in total. The van der Waals surface area contributed by atoms with Gasteiger partial charge >= 0.3 is 0 Å². The molecule has 0 unspecified atom stereocenters. The second-order valence-corrected chi connectivity index (χ2v) is 6.45. The molecule has 22 heavy (non-hydrogen) atoms. The number of ether oxygens (including phenoxy) is 1. The Bertz CT molecular complexity index is 485.